The molecule has 0 fully saturated rings. The van der Waals surface area contributed by atoms with Crippen molar-refractivity contribution in [1.82, 2.24) is 4.72 Å². The Balaban J connectivity index is 2.04. The van der Waals surface area contributed by atoms with Gasteiger partial charge in [-0.15, -0.1) is 0 Å². The Hall–Kier alpha value is -1.81. The van der Waals surface area contributed by atoms with E-state index in [4.69, 9.17) is 5.26 Å². The van der Waals surface area contributed by atoms with Crippen molar-refractivity contribution in [1.29, 1.82) is 5.26 Å². The zero-order valence-corrected chi connectivity index (χ0v) is 13.9. The smallest absolute Gasteiger partial charge is 0.321 e. The molecule has 1 unspecified atom stereocenters. The molecule has 2 aromatic carbocycles. The molecular formula is C16H13BrN2O2S. The maximum Gasteiger partial charge on any atom is 0.321 e. The van der Waals surface area contributed by atoms with Crippen LogP contribution >= 0.6 is 27.9 Å². The summed E-state index contributed by atoms with van der Waals surface area (Å²) in [5.74, 6) is -0.926. The third-order valence-electron chi connectivity index (χ3n) is 2.91. The van der Waals surface area contributed by atoms with Gasteiger partial charge in [0.25, 0.3) is 0 Å². The van der Waals surface area contributed by atoms with Crippen LogP contribution in [0.4, 0.5) is 0 Å². The van der Waals surface area contributed by atoms with Crippen LogP contribution in [0, 0.1) is 11.3 Å². The number of carbonyl (C=O) groups is 1. The van der Waals surface area contributed by atoms with E-state index in [1.54, 1.807) is 18.2 Å². The van der Waals surface area contributed by atoms with Crippen molar-refractivity contribution in [2.45, 2.75) is 17.4 Å². The van der Waals surface area contributed by atoms with E-state index >= 15 is 0 Å². The Bertz CT molecular complexity index is 715. The van der Waals surface area contributed by atoms with Crippen LogP contribution in [0.15, 0.2) is 57.9 Å². The van der Waals surface area contributed by atoms with Crippen LogP contribution in [-0.4, -0.2) is 17.1 Å². The van der Waals surface area contributed by atoms with Gasteiger partial charge < -0.3 is 5.11 Å². The number of carboxylic acid groups (broad SMARTS) is 1. The molecule has 0 heterocycles. The predicted octanol–water partition coefficient (Wildman–Crippen LogP) is 3.61. The van der Waals surface area contributed by atoms with Gasteiger partial charge in [-0.25, -0.2) is 4.72 Å². The lowest BCUT2D eigenvalue weighted by molar-refractivity contribution is -0.138. The van der Waals surface area contributed by atoms with Crippen LogP contribution in [0.2, 0.25) is 0 Å². The summed E-state index contributed by atoms with van der Waals surface area (Å²) in [6.45, 7) is 0. The zero-order valence-electron chi connectivity index (χ0n) is 11.5. The third-order valence-corrected chi connectivity index (χ3v) is 4.29. The van der Waals surface area contributed by atoms with Crippen LogP contribution in [0.25, 0.3) is 0 Å². The fraction of sp³-hybridized carbons (Fsp3) is 0.125. The van der Waals surface area contributed by atoms with Crippen molar-refractivity contribution in [3.8, 4) is 6.07 Å². The molecule has 4 nitrogen and oxygen atoms in total. The SMILES string of the molecule is N#Cc1cccc(CC(NSc2cccc(Br)c2)C(=O)O)c1. The molecule has 1 atom stereocenters. The number of carboxylic acids is 1. The maximum absolute atomic E-state index is 11.4. The molecule has 0 spiro atoms. The lowest BCUT2D eigenvalue weighted by Crippen LogP contribution is -2.34. The van der Waals surface area contributed by atoms with Gasteiger partial charge in [-0.3, -0.25) is 4.79 Å². The number of rotatable bonds is 6. The van der Waals surface area contributed by atoms with Gasteiger partial charge >= 0.3 is 5.97 Å². The van der Waals surface area contributed by atoms with E-state index in [0.29, 0.717) is 12.0 Å². The highest BCUT2D eigenvalue weighted by Gasteiger charge is 2.18. The number of halogens is 1. The van der Waals surface area contributed by atoms with Crippen molar-refractivity contribution in [3.63, 3.8) is 0 Å². The van der Waals surface area contributed by atoms with Crippen molar-refractivity contribution in [3.05, 3.63) is 64.1 Å². The van der Waals surface area contributed by atoms with Gasteiger partial charge in [-0.1, -0.05) is 34.1 Å². The molecule has 112 valence electrons. The highest BCUT2D eigenvalue weighted by Crippen LogP contribution is 2.20. The van der Waals surface area contributed by atoms with E-state index in [2.05, 4.69) is 26.7 Å². The van der Waals surface area contributed by atoms with E-state index in [-0.39, 0.29) is 0 Å². The number of nitriles is 1. The molecule has 0 bridgehead atoms. The number of aliphatic carboxylic acids is 1. The number of nitrogens with one attached hydrogen (secondary N) is 1. The normalized spacial score (nSPS) is 11.6. The first-order valence-corrected chi connectivity index (χ1v) is 8.09. The average Bonchev–Trinajstić information content (AvgIpc) is 2.51. The quantitative estimate of drug-likeness (QED) is 0.753. The molecule has 2 rings (SSSR count). The fourth-order valence-electron chi connectivity index (χ4n) is 1.85. The van der Waals surface area contributed by atoms with E-state index in [0.717, 1.165) is 14.9 Å². The Kier molecular flexibility index (Phi) is 6.01. The summed E-state index contributed by atoms with van der Waals surface area (Å²) in [5.41, 5.74) is 1.34. The average molecular weight is 377 g/mol. The van der Waals surface area contributed by atoms with Crippen LogP contribution in [0.3, 0.4) is 0 Å². The van der Waals surface area contributed by atoms with E-state index in [1.807, 2.05) is 30.3 Å². The number of hydrogen-bond donors (Lipinski definition) is 2. The Morgan fingerprint density at radius 3 is 2.77 bits per heavy atom. The summed E-state index contributed by atoms with van der Waals surface area (Å²) in [5, 5.41) is 18.2. The number of benzene rings is 2. The number of hydrogen-bond acceptors (Lipinski definition) is 4. The highest BCUT2D eigenvalue weighted by molar-refractivity contribution is 9.10. The first kappa shape index (κ1) is 16.6. The monoisotopic (exact) mass is 376 g/mol. The molecule has 0 aromatic heterocycles. The zero-order chi connectivity index (χ0) is 15.9. The molecule has 0 aliphatic carbocycles. The summed E-state index contributed by atoms with van der Waals surface area (Å²) in [7, 11) is 0. The first-order valence-electron chi connectivity index (χ1n) is 6.48. The van der Waals surface area contributed by atoms with Crippen LogP contribution in [-0.2, 0) is 11.2 Å². The van der Waals surface area contributed by atoms with Gasteiger partial charge in [-0.2, -0.15) is 5.26 Å². The second-order valence-electron chi connectivity index (χ2n) is 4.58. The summed E-state index contributed by atoms with van der Waals surface area (Å²) in [4.78, 5) is 12.3. The second-order valence-corrected chi connectivity index (χ2v) is 6.41. The second kappa shape index (κ2) is 7.99. The molecular weight excluding hydrogens is 364 g/mol. The summed E-state index contributed by atoms with van der Waals surface area (Å²) >= 11 is 4.65. The van der Waals surface area contributed by atoms with Gasteiger partial charge in [-0.05, 0) is 54.3 Å². The lowest BCUT2D eigenvalue weighted by atomic mass is 10.0. The minimum Gasteiger partial charge on any atom is -0.480 e. The summed E-state index contributed by atoms with van der Waals surface area (Å²) in [6, 6.07) is 15.9. The topological polar surface area (TPSA) is 73.1 Å². The molecule has 6 heteroatoms. The van der Waals surface area contributed by atoms with Gasteiger partial charge in [0.05, 0.1) is 11.6 Å². The molecule has 0 saturated carbocycles. The molecule has 0 saturated heterocycles. The lowest BCUT2D eigenvalue weighted by Gasteiger charge is -2.14. The van der Waals surface area contributed by atoms with E-state index < -0.39 is 12.0 Å². The van der Waals surface area contributed by atoms with Crippen LogP contribution in [0.5, 0.6) is 0 Å². The van der Waals surface area contributed by atoms with E-state index in [9.17, 15) is 9.90 Å². The number of nitrogens with zero attached hydrogens (tertiary/aromatic N) is 1. The Morgan fingerprint density at radius 1 is 1.32 bits per heavy atom. The van der Waals surface area contributed by atoms with Crippen molar-refractivity contribution < 1.29 is 9.90 Å². The molecule has 0 amide bonds. The van der Waals surface area contributed by atoms with Crippen LogP contribution in [0.1, 0.15) is 11.1 Å². The fourth-order valence-corrected chi connectivity index (χ4v) is 3.20. The van der Waals surface area contributed by atoms with Crippen molar-refractivity contribution in [2.75, 3.05) is 0 Å². The van der Waals surface area contributed by atoms with Gasteiger partial charge in [0, 0.05) is 9.37 Å². The molecule has 2 N–H and O–H groups in total. The van der Waals surface area contributed by atoms with Crippen molar-refractivity contribution in [2.24, 2.45) is 0 Å². The maximum atomic E-state index is 11.4. The van der Waals surface area contributed by atoms with Gasteiger partial charge in [0.1, 0.15) is 6.04 Å². The summed E-state index contributed by atoms with van der Waals surface area (Å²) in [6.07, 6.45) is 0.311. The molecule has 0 aliphatic rings. The van der Waals surface area contributed by atoms with Crippen LogP contribution < -0.4 is 4.72 Å². The van der Waals surface area contributed by atoms with E-state index in [1.165, 1.54) is 11.9 Å². The predicted molar refractivity (Wildman–Crippen MR) is 89.4 cm³/mol. The standard InChI is InChI=1S/C16H13BrN2O2S/c17-13-5-2-6-14(9-13)22-19-15(16(20)21)8-11-3-1-4-12(7-11)10-18/h1-7,9,15,19H,8H2,(H,20,21). The Morgan fingerprint density at radius 2 is 2.09 bits per heavy atom. The third kappa shape index (κ3) is 4.88. The minimum atomic E-state index is -0.926. The Labute approximate surface area is 141 Å². The first-order chi connectivity index (χ1) is 10.6. The van der Waals surface area contributed by atoms with Gasteiger partial charge in [0.15, 0.2) is 0 Å². The molecule has 22 heavy (non-hydrogen) atoms. The minimum absolute atomic E-state index is 0.311. The summed E-state index contributed by atoms with van der Waals surface area (Å²) < 4.78 is 3.90. The highest BCUT2D eigenvalue weighted by atomic mass is 79.9. The molecule has 2 aromatic rings. The molecule has 0 radical (unpaired) electrons. The molecule has 0 aliphatic heterocycles. The van der Waals surface area contributed by atoms with Crippen molar-refractivity contribution >= 4 is 33.8 Å². The largest absolute Gasteiger partial charge is 0.480 e. The van der Waals surface area contributed by atoms with Gasteiger partial charge in [0.2, 0.25) is 0 Å².